The Labute approximate surface area is 146 Å². The fourth-order valence-corrected chi connectivity index (χ4v) is 3.81. The molecule has 0 bridgehead atoms. The molecule has 2 atom stereocenters. The van der Waals surface area contributed by atoms with E-state index < -0.39 is 5.60 Å². The van der Waals surface area contributed by atoms with Gasteiger partial charge in [0.2, 0.25) is 0 Å². The third-order valence-electron chi connectivity index (χ3n) is 4.87. The molecular formula is C19H32ClNO2. The Hall–Kier alpha value is -0.700. The predicted octanol–water partition coefficient (Wildman–Crippen LogP) is 5.52. The van der Waals surface area contributed by atoms with Gasteiger partial charge in [-0.2, -0.15) is 0 Å². The molecule has 1 aliphatic carbocycles. The first-order valence-corrected chi connectivity index (χ1v) is 9.21. The molecule has 1 amide bonds. The van der Waals surface area contributed by atoms with Gasteiger partial charge in [-0.15, -0.1) is 11.6 Å². The van der Waals surface area contributed by atoms with Crippen molar-refractivity contribution in [2.45, 2.75) is 83.6 Å². The third kappa shape index (κ3) is 5.70. The van der Waals surface area contributed by atoms with Gasteiger partial charge < -0.3 is 9.64 Å². The molecule has 0 N–H and O–H groups in total. The van der Waals surface area contributed by atoms with Gasteiger partial charge in [0.05, 0.1) is 0 Å². The number of rotatable bonds is 2. The number of nitrogens with zero attached hydrogens (tertiary/aromatic N) is 1. The van der Waals surface area contributed by atoms with Crippen molar-refractivity contribution in [1.29, 1.82) is 0 Å². The van der Waals surface area contributed by atoms with Gasteiger partial charge in [-0.25, -0.2) is 4.79 Å². The van der Waals surface area contributed by atoms with Gasteiger partial charge in [0.1, 0.15) is 5.60 Å². The molecule has 4 heteroatoms. The van der Waals surface area contributed by atoms with E-state index in [-0.39, 0.29) is 16.4 Å². The van der Waals surface area contributed by atoms with Crippen molar-refractivity contribution >= 4 is 17.7 Å². The largest absolute Gasteiger partial charge is 0.444 e. The first-order chi connectivity index (χ1) is 10.5. The molecule has 0 spiro atoms. The number of likely N-dealkylation sites (tertiary alicyclic amines) is 1. The molecule has 1 saturated heterocycles. The van der Waals surface area contributed by atoms with E-state index >= 15 is 0 Å². The molecule has 2 rings (SSSR count). The molecule has 132 valence electrons. The Morgan fingerprint density at radius 3 is 2.61 bits per heavy atom. The van der Waals surface area contributed by atoms with Gasteiger partial charge in [-0.1, -0.05) is 18.6 Å². The van der Waals surface area contributed by atoms with Crippen LogP contribution in [0.5, 0.6) is 0 Å². The first kappa shape index (κ1) is 18.6. The van der Waals surface area contributed by atoms with Crippen LogP contribution in [0, 0.1) is 5.41 Å². The number of carbonyl (C=O) groups excluding carboxylic acids is 1. The highest BCUT2D eigenvalue weighted by molar-refractivity contribution is 6.23. The molecule has 3 nitrogen and oxygen atoms in total. The summed E-state index contributed by atoms with van der Waals surface area (Å²) in [5, 5.41) is 0. The zero-order valence-electron chi connectivity index (χ0n) is 15.4. The molecule has 0 saturated carbocycles. The van der Waals surface area contributed by atoms with Gasteiger partial charge in [-0.05, 0) is 71.6 Å². The van der Waals surface area contributed by atoms with Crippen LogP contribution >= 0.6 is 11.6 Å². The average molecular weight is 342 g/mol. The van der Waals surface area contributed by atoms with E-state index in [9.17, 15) is 4.79 Å². The van der Waals surface area contributed by atoms with Crippen LogP contribution in [-0.2, 0) is 4.74 Å². The van der Waals surface area contributed by atoms with Gasteiger partial charge in [0.25, 0.3) is 0 Å². The highest BCUT2D eigenvalue weighted by Gasteiger charge is 2.36. The number of piperidine rings is 1. The highest BCUT2D eigenvalue weighted by atomic mass is 35.5. The van der Waals surface area contributed by atoms with Crippen molar-refractivity contribution in [3.05, 3.63) is 11.6 Å². The molecule has 0 aromatic carbocycles. The summed E-state index contributed by atoms with van der Waals surface area (Å²) in [5.74, 6) is 0. The summed E-state index contributed by atoms with van der Waals surface area (Å²) in [6.07, 6.45) is 8.53. The van der Waals surface area contributed by atoms with Crippen molar-refractivity contribution in [2.75, 3.05) is 13.1 Å². The monoisotopic (exact) mass is 341 g/mol. The van der Waals surface area contributed by atoms with Crippen molar-refractivity contribution in [2.24, 2.45) is 5.41 Å². The Morgan fingerprint density at radius 2 is 2.04 bits per heavy atom. The Balaban J connectivity index is 1.96. The summed E-state index contributed by atoms with van der Waals surface area (Å²) in [7, 11) is 0. The molecule has 1 aliphatic heterocycles. The quantitative estimate of drug-likeness (QED) is 0.488. The predicted molar refractivity (Wildman–Crippen MR) is 96.0 cm³/mol. The molecule has 1 fully saturated rings. The van der Waals surface area contributed by atoms with Gasteiger partial charge >= 0.3 is 6.09 Å². The summed E-state index contributed by atoms with van der Waals surface area (Å²) in [6, 6.07) is 0. The topological polar surface area (TPSA) is 29.5 Å². The molecule has 0 aromatic rings. The lowest BCUT2D eigenvalue weighted by molar-refractivity contribution is 0.00655. The third-order valence-corrected chi connectivity index (χ3v) is 5.21. The number of hydrogen-bond donors (Lipinski definition) is 0. The number of carbonyl (C=O) groups is 1. The lowest BCUT2D eigenvalue weighted by atomic mass is 9.74. The standard InChI is InChI=1S/C19H32ClNO2/c1-17(2,3)23-16(22)21-12-6-9-18(4,14-21)13-15-7-10-19(5,20)11-8-15/h7H,6,8-14H2,1-5H3/t18-,19-/m0/s1. The molecule has 0 radical (unpaired) electrons. The summed E-state index contributed by atoms with van der Waals surface area (Å²) in [6.45, 7) is 11.8. The van der Waals surface area contributed by atoms with Crippen molar-refractivity contribution < 1.29 is 9.53 Å². The lowest BCUT2D eigenvalue weighted by Crippen LogP contribution is -2.47. The minimum Gasteiger partial charge on any atom is -0.444 e. The van der Waals surface area contributed by atoms with Crippen LogP contribution in [-0.4, -0.2) is 34.6 Å². The van der Waals surface area contributed by atoms with E-state index in [1.54, 1.807) is 0 Å². The number of halogens is 1. The minimum atomic E-state index is -0.429. The second-order valence-electron chi connectivity index (χ2n) is 8.97. The van der Waals surface area contributed by atoms with Crippen LogP contribution in [0.4, 0.5) is 4.79 Å². The van der Waals surface area contributed by atoms with E-state index in [4.69, 9.17) is 16.3 Å². The first-order valence-electron chi connectivity index (χ1n) is 8.83. The summed E-state index contributed by atoms with van der Waals surface area (Å²) in [5.41, 5.74) is 1.24. The van der Waals surface area contributed by atoms with Crippen LogP contribution in [0.2, 0.25) is 0 Å². The second kappa shape index (κ2) is 6.66. The molecular weight excluding hydrogens is 310 g/mol. The second-order valence-corrected chi connectivity index (χ2v) is 9.89. The summed E-state index contributed by atoms with van der Waals surface area (Å²) < 4.78 is 5.54. The van der Waals surface area contributed by atoms with Crippen LogP contribution in [0.3, 0.4) is 0 Å². The molecule has 0 aromatic heterocycles. The van der Waals surface area contributed by atoms with Crippen molar-refractivity contribution in [3.8, 4) is 0 Å². The maximum absolute atomic E-state index is 12.4. The van der Waals surface area contributed by atoms with E-state index in [0.29, 0.717) is 0 Å². The zero-order chi connectivity index (χ0) is 17.3. The highest BCUT2D eigenvalue weighted by Crippen LogP contribution is 2.41. The van der Waals surface area contributed by atoms with Gasteiger partial charge in [-0.3, -0.25) is 0 Å². The molecule has 1 heterocycles. The maximum Gasteiger partial charge on any atom is 0.410 e. The fraction of sp³-hybridized carbons (Fsp3) is 0.842. The Morgan fingerprint density at radius 1 is 1.35 bits per heavy atom. The Bertz CT molecular complexity index is 478. The SMILES string of the molecule is CC(C)(C)OC(=O)N1CCC[C@@](C)(CC2=CC[C@](C)(Cl)CC2)C1. The normalized spacial score (nSPS) is 32.4. The van der Waals surface area contributed by atoms with Crippen LogP contribution in [0.1, 0.15) is 73.1 Å². The van der Waals surface area contributed by atoms with Crippen molar-refractivity contribution in [3.63, 3.8) is 0 Å². The average Bonchev–Trinajstić information content (AvgIpc) is 2.39. The van der Waals surface area contributed by atoms with E-state index in [1.165, 1.54) is 12.0 Å². The summed E-state index contributed by atoms with van der Waals surface area (Å²) in [4.78, 5) is 14.2. The van der Waals surface area contributed by atoms with Crippen LogP contribution in [0.15, 0.2) is 11.6 Å². The van der Waals surface area contributed by atoms with Gasteiger partial charge in [0, 0.05) is 18.0 Å². The number of allylic oxidation sites excluding steroid dienone is 2. The number of amides is 1. The molecule has 0 unspecified atom stereocenters. The van der Waals surface area contributed by atoms with E-state index in [1.807, 2.05) is 25.7 Å². The smallest absolute Gasteiger partial charge is 0.410 e. The number of hydrogen-bond acceptors (Lipinski definition) is 2. The maximum atomic E-state index is 12.4. The van der Waals surface area contributed by atoms with Crippen molar-refractivity contribution in [1.82, 2.24) is 4.90 Å². The molecule has 23 heavy (non-hydrogen) atoms. The molecule has 2 aliphatic rings. The minimum absolute atomic E-state index is 0.0699. The van der Waals surface area contributed by atoms with E-state index in [2.05, 4.69) is 19.9 Å². The number of alkyl halides is 1. The van der Waals surface area contributed by atoms with Crippen LogP contribution < -0.4 is 0 Å². The Kier molecular flexibility index (Phi) is 5.40. The zero-order valence-corrected chi connectivity index (χ0v) is 16.1. The lowest BCUT2D eigenvalue weighted by Gasteiger charge is -2.42. The summed E-state index contributed by atoms with van der Waals surface area (Å²) >= 11 is 6.43. The van der Waals surface area contributed by atoms with E-state index in [0.717, 1.165) is 45.2 Å². The fourth-order valence-electron chi connectivity index (χ4n) is 3.63. The number of ether oxygens (including phenoxy) is 1. The van der Waals surface area contributed by atoms with Crippen LogP contribution in [0.25, 0.3) is 0 Å². The van der Waals surface area contributed by atoms with Gasteiger partial charge in [0.15, 0.2) is 0 Å².